The lowest BCUT2D eigenvalue weighted by Crippen LogP contribution is -2.61. The van der Waals surface area contributed by atoms with Gasteiger partial charge in [0.05, 0.1) is 5.54 Å². The molecule has 0 spiro atoms. The molecule has 21 heavy (non-hydrogen) atoms. The minimum Gasteiger partial charge on any atom is -0.444 e. The number of rotatable bonds is 8. The first kappa shape index (κ1) is 19.5. The van der Waals surface area contributed by atoms with E-state index in [1.165, 1.54) is 0 Å². The molecule has 0 saturated heterocycles. The fourth-order valence-corrected chi connectivity index (χ4v) is 1.90. The predicted octanol–water partition coefficient (Wildman–Crippen LogP) is 0.302. The van der Waals surface area contributed by atoms with Gasteiger partial charge < -0.3 is 31.6 Å². The topological polar surface area (TPSA) is 129 Å². The Kier molecular flexibility index (Phi) is 8.72. The Bertz CT molecular complexity index is 312. The number of carbonyl (C=O) groups excluding carboxylic acids is 2. The van der Waals surface area contributed by atoms with Crippen LogP contribution in [0.3, 0.4) is 0 Å². The van der Waals surface area contributed by atoms with E-state index < -0.39 is 29.9 Å². The average molecular weight is 304 g/mol. The highest BCUT2D eigenvalue weighted by Gasteiger charge is 2.41. The van der Waals surface area contributed by atoms with Gasteiger partial charge in [0.1, 0.15) is 12.2 Å². The first-order valence-electron chi connectivity index (χ1n) is 7.19. The molecule has 0 aliphatic rings. The summed E-state index contributed by atoms with van der Waals surface area (Å²) >= 11 is 0. The van der Waals surface area contributed by atoms with E-state index in [9.17, 15) is 9.59 Å². The largest absolute Gasteiger partial charge is 0.444 e. The van der Waals surface area contributed by atoms with E-state index in [-0.39, 0.29) is 6.54 Å². The molecule has 0 aromatic carbocycles. The molecule has 8 nitrogen and oxygen atoms in total. The van der Waals surface area contributed by atoms with Gasteiger partial charge in [-0.1, -0.05) is 0 Å². The molecule has 2 atom stereocenters. The van der Waals surface area contributed by atoms with Gasteiger partial charge in [0.15, 0.2) is 0 Å². The molecule has 0 aromatic rings. The van der Waals surface area contributed by atoms with Crippen LogP contribution in [0.15, 0.2) is 0 Å². The fourth-order valence-electron chi connectivity index (χ4n) is 1.90. The molecule has 2 amide bonds. The van der Waals surface area contributed by atoms with Crippen LogP contribution in [-0.4, -0.2) is 49.6 Å². The fraction of sp³-hybridized carbons (Fsp3) is 0.846. The Hall–Kier alpha value is -1.54. The van der Waals surface area contributed by atoms with E-state index in [4.69, 9.17) is 20.9 Å². The highest BCUT2D eigenvalue weighted by atomic mass is 16.6. The smallest absolute Gasteiger partial charge is 0.407 e. The van der Waals surface area contributed by atoms with Crippen molar-refractivity contribution < 1.29 is 19.1 Å². The van der Waals surface area contributed by atoms with Crippen molar-refractivity contribution in [2.75, 3.05) is 19.6 Å². The van der Waals surface area contributed by atoms with Crippen LogP contribution in [0.2, 0.25) is 0 Å². The molecule has 0 heterocycles. The van der Waals surface area contributed by atoms with Crippen molar-refractivity contribution in [1.29, 1.82) is 0 Å². The summed E-state index contributed by atoms with van der Waals surface area (Å²) in [5.74, 6) is 0. The number of amides is 2. The summed E-state index contributed by atoms with van der Waals surface area (Å²) in [6.07, 6.45) is -2.13. The first-order chi connectivity index (χ1) is 9.81. The molecule has 124 valence electrons. The van der Waals surface area contributed by atoms with Gasteiger partial charge in [0, 0.05) is 13.1 Å². The zero-order valence-electron chi connectivity index (χ0n) is 13.3. The standard InChI is InChI=1S/C13H28N4O4/c1-5-16-11(18)20-9(3)13(15,7-8-14)10(4)21-12(19)17-6-2/h9-10H,5-8,14-15H2,1-4H3,(H,16,18)(H,17,19). The first-order valence-corrected chi connectivity index (χ1v) is 7.19. The van der Waals surface area contributed by atoms with Gasteiger partial charge in [-0.25, -0.2) is 9.59 Å². The minimum atomic E-state index is -1.06. The summed E-state index contributed by atoms with van der Waals surface area (Å²) in [7, 11) is 0. The van der Waals surface area contributed by atoms with Crippen LogP contribution in [0.1, 0.15) is 34.1 Å². The van der Waals surface area contributed by atoms with Gasteiger partial charge in [0.2, 0.25) is 0 Å². The molecule has 2 unspecified atom stereocenters. The van der Waals surface area contributed by atoms with Crippen molar-refractivity contribution in [3.8, 4) is 0 Å². The number of hydrogen-bond acceptors (Lipinski definition) is 6. The Morgan fingerprint density at radius 3 is 1.71 bits per heavy atom. The van der Waals surface area contributed by atoms with Gasteiger partial charge in [-0.15, -0.1) is 0 Å². The van der Waals surface area contributed by atoms with Crippen molar-refractivity contribution in [3.63, 3.8) is 0 Å². The lowest BCUT2D eigenvalue weighted by Gasteiger charge is -2.38. The van der Waals surface area contributed by atoms with Gasteiger partial charge >= 0.3 is 12.2 Å². The third-order valence-corrected chi connectivity index (χ3v) is 3.30. The highest BCUT2D eigenvalue weighted by molar-refractivity contribution is 5.68. The summed E-state index contributed by atoms with van der Waals surface area (Å²) in [5.41, 5.74) is 10.8. The SMILES string of the molecule is CCNC(=O)OC(C)C(N)(CCN)C(C)OC(=O)NCC. The molecule has 0 rings (SSSR count). The van der Waals surface area contributed by atoms with Crippen LogP contribution in [0.25, 0.3) is 0 Å². The lowest BCUT2D eigenvalue weighted by molar-refractivity contribution is -0.0162. The van der Waals surface area contributed by atoms with Crippen LogP contribution < -0.4 is 22.1 Å². The van der Waals surface area contributed by atoms with Crippen LogP contribution in [-0.2, 0) is 9.47 Å². The number of hydrogen-bond donors (Lipinski definition) is 4. The van der Waals surface area contributed by atoms with Gasteiger partial charge in [-0.3, -0.25) is 0 Å². The third kappa shape index (κ3) is 6.17. The lowest BCUT2D eigenvalue weighted by atomic mass is 9.85. The van der Waals surface area contributed by atoms with Gasteiger partial charge in [-0.05, 0) is 40.7 Å². The molecular weight excluding hydrogens is 276 g/mol. The molecule has 0 aromatic heterocycles. The van der Waals surface area contributed by atoms with Crippen LogP contribution in [0.5, 0.6) is 0 Å². The maximum atomic E-state index is 11.5. The molecule has 0 saturated carbocycles. The monoisotopic (exact) mass is 304 g/mol. The van der Waals surface area contributed by atoms with Crippen LogP contribution in [0, 0.1) is 0 Å². The Morgan fingerprint density at radius 1 is 1.05 bits per heavy atom. The molecule has 6 N–H and O–H groups in total. The van der Waals surface area contributed by atoms with Crippen LogP contribution >= 0.6 is 0 Å². The van der Waals surface area contributed by atoms with Gasteiger partial charge in [0.25, 0.3) is 0 Å². The normalized spacial score (nSPS) is 16.3. The van der Waals surface area contributed by atoms with Crippen molar-refractivity contribution >= 4 is 12.2 Å². The minimum absolute atomic E-state index is 0.280. The Labute approximate surface area is 125 Å². The molecule has 0 bridgehead atoms. The van der Waals surface area contributed by atoms with E-state index in [2.05, 4.69) is 10.6 Å². The number of nitrogens with one attached hydrogen (secondary N) is 2. The number of ether oxygens (including phenoxy) is 2. The van der Waals surface area contributed by atoms with E-state index in [0.29, 0.717) is 19.5 Å². The summed E-state index contributed by atoms with van der Waals surface area (Å²) in [5, 5.41) is 5.05. The van der Waals surface area contributed by atoms with Crippen LogP contribution in [0.4, 0.5) is 9.59 Å². The van der Waals surface area contributed by atoms with Crippen molar-refractivity contribution in [2.24, 2.45) is 11.5 Å². The molecular formula is C13H28N4O4. The third-order valence-electron chi connectivity index (χ3n) is 3.30. The highest BCUT2D eigenvalue weighted by Crippen LogP contribution is 2.22. The van der Waals surface area contributed by atoms with Crippen molar-refractivity contribution in [1.82, 2.24) is 10.6 Å². The summed E-state index contributed by atoms with van der Waals surface area (Å²) in [6.45, 7) is 8.05. The second kappa shape index (κ2) is 9.41. The van der Waals surface area contributed by atoms with E-state index in [1.54, 1.807) is 27.7 Å². The van der Waals surface area contributed by atoms with Crippen molar-refractivity contribution in [2.45, 2.75) is 51.9 Å². The average Bonchev–Trinajstić information content (AvgIpc) is 2.38. The van der Waals surface area contributed by atoms with Crippen molar-refractivity contribution in [3.05, 3.63) is 0 Å². The van der Waals surface area contributed by atoms with E-state index in [1.807, 2.05) is 0 Å². The molecule has 0 aliphatic carbocycles. The zero-order chi connectivity index (χ0) is 16.5. The predicted molar refractivity (Wildman–Crippen MR) is 79.8 cm³/mol. The summed E-state index contributed by atoms with van der Waals surface area (Å²) < 4.78 is 10.5. The maximum absolute atomic E-state index is 11.5. The quantitative estimate of drug-likeness (QED) is 0.510. The van der Waals surface area contributed by atoms with E-state index in [0.717, 1.165) is 0 Å². The number of carbonyl (C=O) groups is 2. The Morgan fingerprint density at radius 2 is 1.43 bits per heavy atom. The summed E-state index contributed by atoms with van der Waals surface area (Å²) in [6, 6.07) is 0. The number of alkyl carbamates (subject to hydrolysis) is 2. The second-order valence-electron chi connectivity index (χ2n) is 4.81. The summed E-state index contributed by atoms with van der Waals surface area (Å²) in [4.78, 5) is 23.0. The van der Waals surface area contributed by atoms with Gasteiger partial charge in [-0.2, -0.15) is 0 Å². The Balaban J connectivity index is 4.86. The number of nitrogens with two attached hydrogens (primary N) is 2. The molecule has 0 fully saturated rings. The second-order valence-corrected chi connectivity index (χ2v) is 4.81. The molecule has 8 heteroatoms. The zero-order valence-corrected chi connectivity index (χ0v) is 13.3. The van der Waals surface area contributed by atoms with E-state index >= 15 is 0 Å². The maximum Gasteiger partial charge on any atom is 0.407 e. The molecule has 0 aliphatic heterocycles. The molecule has 0 radical (unpaired) electrons.